The Morgan fingerprint density at radius 2 is 1.90 bits per heavy atom. The summed E-state index contributed by atoms with van der Waals surface area (Å²) in [5.74, 6) is 1.06. The van der Waals surface area contributed by atoms with Crippen molar-refractivity contribution in [3.8, 4) is 0 Å². The Hall–Kier alpha value is -1.55. The van der Waals surface area contributed by atoms with Crippen molar-refractivity contribution >= 4 is 53.4 Å². The zero-order valence-electron chi connectivity index (χ0n) is 18.0. The van der Waals surface area contributed by atoms with Gasteiger partial charge < -0.3 is 20.9 Å². The number of likely N-dealkylation sites (tertiary alicyclic amines) is 1. The van der Waals surface area contributed by atoms with E-state index in [1.807, 2.05) is 11.8 Å². The summed E-state index contributed by atoms with van der Waals surface area (Å²) >= 11 is 6.06. The molecule has 0 radical (unpaired) electrons. The predicted octanol–water partition coefficient (Wildman–Crippen LogP) is 3.03. The molecular formula is C22H33ClIN5O2. The zero-order chi connectivity index (χ0) is 21.3. The average Bonchev–Trinajstić information content (AvgIpc) is 3.43. The molecule has 1 aromatic carbocycles. The summed E-state index contributed by atoms with van der Waals surface area (Å²) in [6, 6.07) is 7.18. The number of amides is 2. The summed E-state index contributed by atoms with van der Waals surface area (Å²) in [5.41, 5.74) is 0.464. The number of carbonyl (C=O) groups excluding carboxylic acids is 2. The van der Waals surface area contributed by atoms with Crippen molar-refractivity contribution in [2.75, 3.05) is 32.7 Å². The van der Waals surface area contributed by atoms with Gasteiger partial charge in [0.2, 0.25) is 5.91 Å². The van der Waals surface area contributed by atoms with Crippen LogP contribution in [0.25, 0.3) is 0 Å². The first kappa shape index (κ1) is 25.7. The summed E-state index contributed by atoms with van der Waals surface area (Å²) in [6.45, 7) is 5.15. The van der Waals surface area contributed by atoms with Crippen LogP contribution in [0.4, 0.5) is 0 Å². The maximum atomic E-state index is 12.6. The fraction of sp³-hybridized carbons (Fsp3) is 0.591. The van der Waals surface area contributed by atoms with Gasteiger partial charge in [-0.15, -0.1) is 24.0 Å². The molecule has 1 aliphatic heterocycles. The SMILES string of the molecule is CCNC(=NCCNC(=O)c1ccccc1Cl)NC1CCN(C(=O)C2CCCC2)C1.I. The van der Waals surface area contributed by atoms with Crippen LogP contribution < -0.4 is 16.0 Å². The lowest BCUT2D eigenvalue weighted by molar-refractivity contribution is -0.134. The van der Waals surface area contributed by atoms with E-state index in [9.17, 15) is 9.59 Å². The number of guanidine groups is 1. The zero-order valence-corrected chi connectivity index (χ0v) is 21.1. The molecule has 7 nitrogen and oxygen atoms in total. The Kier molecular flexibility index (Phi) is 10.9. The summed E-state index contributed by atoms with van der Waals surface area (Å²) in [6.07, 6.45) is 5.35. The normalized spacial score (nSPS) is 19.1. The molecule has 1 aromatic rings. The second-order valence-electron chi connectivity index (χ2n) is 7.89. The molecule has 2 fully saturated rings. The van der Waals surface area contributed by atoms with Gasteiger partial charge in [0, 0.05) is 38.1 Å². The maximum Gasteiger partial charge on any atom is 0.252 e. The second-order valence-corrected chi connectivity index (χ2v) is 8.30. The van der Waals surface area contributed by atoms with Crippen molar-refractivity contribution in [2.24, 2.45) is 10.9 Å². The van der Waals surface area contributed by atoms with Gasteiger partial charge in [-0.05, 0) is 38.3 Å². The largest absolute Gasteiger partial charge is 0.357 e. The van der Waals surface area contributed by atoms with Gasteiger partial charge in [0.15, 0.2) is 5.96 Å². The quantitative estimate of drug-likeness (QED) is 0.207. The van der Waals surface area contributed by atoms with Gasteiger partial charge in [-0.2, -0.15) is 0 Å². The van der Waals surface area contributed by atoms with Gasteiger partial charge in [-0.25, -0.2) is 0 Å². The Bertz CT molecular complexity index is 770. The highest BCUT2D eigenvalue weighted by molar-refractivity contribution is 14.0. The van der Waals surface area contributed by atoms with Crippen LogP contribution in [-0.2, 0) is 4.79 Å². The van der Waals surface area contributed by atoms with Gasteiger partial charge in [0.05, 0.1) is 17.1 Å². The number of benzene rings is 1. The van der Waals surface area contributed by atoms with E-state index < -0.39 is 0 Å². The van der Waals surface area contributed by atoms with Crippen LogP contribution in [0.1, 0.15) is 49.4 Å². The lowest BCUT2D eigenvalue weighted by atomic mass is 10.1. The minimum absolute atomic E-state index is 0. The van der Waals surface area contributed by atoms with Crippen LogP contribution in [-0.4, -0.2) is 61.4 Å². The first-order valence-electron chi connectivity index (χ1n) is 10.9. The highest BCUT2D eigenvalue weighted by Crippen LogP contribution is 2.27. The highest BCUT2D eigenvalue weighted by atomic mass is 127. The minimum atomic E-state index is -0.203. The van der Waals surface area contributed by atoms with E-state index in [1.54, 1.807) is 24.3 Å². The molecule has 1 unspecified atom stereocenters. The van der Waals surface area contributed by atoms with Crippen LogP contribution in [0.5, 0.6) is 0 Å². The van der Waals surface area contributed by atoms with Gasteiger partial charge >= 0.3 is 0 Å². The molecule has 0 spiro atoms. The third-order valence-corrected chi connectivity index (χ3v) is 6.00. The van der Waals surface area contributed by atoms with Crippen LogP contribution in [0, 0.1) is 5.92 Å². The van der Waals surface area contributed by atoms with E-state index >= 15 is 0 Å². The number of aliphatic imine (C=N–C) groups is 1. The number of carbonyl (C=O) groups is 2. The Morgan fingerprint density at radius 1 is 1.16 bits per heavy atom. The van der Waals surface area contributed by atoms with Crippen molar-refractivity contribution < 1.29 is 9.59 Å². The van der Waals surface area contributed by atoms with E-state index in [2.05, 4.69) is 20.9 Å². The molecular weight excluding hydrogens is 529 g/mol. The number of hydrogen-bond acceptors (Lipinski definition) is 3. The maximum absolute atomic E-state index is 12.6. The average molecular weight is 562 g/mol. The Labute approximate surface area is 206 Å². The first-order chi connectivity index (χ1) is 14.6. The molecule has 3 rings (SSSR count). The van der Waals surface area contributed by atoms with Crippen LogP contribution in [0.2, 0.25) is 5.02 Å². The van der Waals surface area contributed by atoms with Crippen molar-refractivity contribution in [3.05, 3.63) is 34.9 Å². The Morgan fingerprint density at radius 3 is 2.61 bits per heavy atom. The molecule has 2 aliphatic rings. The molecule has 9 heteroatoms. The molecule has 1 saturated carbocycles. The van der Waals surface area contributed by atoms with Crippen molar-refractivity contribution in [3.63, 3.8) is 0 Å². The smallest absolute Gasteiger partial charge is 0.252 e. The minimum Gasteiger partial charge on any atom is -0.357 e. The van der Waals surface area contributed by atoms with E-state index in [4.69, 9.17) is 11.6 Å². The lowest BCUT2D eigenvalue weighted by Crippen LogP contribution is -2.45. The molecule has 3 N–H and O–H groups in total. The number of hydrogen-bond donors (Lipinski definition) is 3. The van der Waals surface area contributed by atoms with E-state index in [0.29, 0.717) is 35.5 Å². The molecule has 172 valence electrons. The Balaban J connectivity index is 0.00000341. The predicted molar refractivity (Wildman–Crippen MR) is 135 cm³/mol. The van der Waals surface area contributed by atoms with E-state index in [0.717, 1.165) is 38.9 Å². The molecule has 0 bridgehead atoms. The lowest BCUT2D eigenvalue weighted by Gasteiger charge is -2.21. The van der Waals surface area contributed by atoms with Crippen LogP contribution in [0.15, 0.2) is 29.3 Å². The fourth-order valence-electron chi connectivity index (χ4n) is 4.10. The first-order valence-corrected chi connectivity index (χ1v) is 11.3. The van der Waals surface area contributed by atoms with Gasteiger partial charge in [-0.3, -0.25) is 14.6 Å². The van der Waals surface area contributed by atoms with Crippen LogP contribution in [0.3, 0.4) is 0 Å². The van der Waals surface area contributed by atoms with E-state index in [1.165, 1.54) is 12.8 Å². The standard InChI is InChI=1S/C22H32ClN5O2.HI/c1-2-24-22(26-13-12-25-20(29)18-9-5-6-10-19(18)23)27-17-11-14-28(15-17)21(30)16-7-3-4-8-16;/h5-6,9-10,16-17H,2-4,7-8,11-15H2,1H3,(H,25,29)(H2,24,26,27);1H. The summed E-state index contributed by atoms with van der Waals surface area (Å²) in [7, 11) is 0. The number of nitrogens with one attached hydrogen (secondary N) is 3. The molecule has 0 aromatic heterocycles. The topological polar surface area (TPSA) is 85.8 Å². The van der Waals surface area contributed by atoms with Crippen molar-refractivity contribution in [2.45, 2.75) is 45.1 Å². The molecule has 1 atom stereocenters. The van der Waals surface area contributed by atoms with Crippen LogP contribution >= 0.6 is 35.6 Å². The molecule has 31 heavy (non-hydrogen) atoms. The van der Waals surface area contributed by atoms with Crippen molar-refractivity contribution in [1.82, 2.24) is 20.9 Å². The highest BCUT2D eigenvalue weighted by Gasteiger charge is 2.32. The number of rotatable bonds is 7. The summed E-state index contributed by atoms with van der Waals surface area (Å²) in [5, 5.41) is 9.95. The molecule has 1 aliphatic carbocycles. The second kappa shape index (κ2) is 13.1. The van der Waals surface area contributed by atoms with E-state index in [-0.39, 0.29) is 41.8 Å². The molecule has 1 saturated heterocycles. The van der Waals surface area contributed by atoms with Gasteiger partial charge in [-0.1, -0.05) is 36.6 Å². The fourth-order valence-corrected chi connectivity index (χ4v) is 4.32. The number of nitrogens with zero attached hydrogens (tertiary/aromatic N) is 2. The third-order valence-electron chi connectivity index (χ3n) is 5.68. The monoisotopic (exact) mass is 561 g/mol. The summed E-state index contributed by atoms with van der Waals surface area (Å²) in [4.78, 5) is 31.4. The van der Waals surface area contributed by atoms with Crippen molar-refractivity contribution in [1.29, 1.82) is 0 Å². The summed E-state index contributed by atoms with van der Waals surface area (Å²) < 4.78 is 0. The van der Waals surface area contributed by atoms with Gasteiger partial charge in [0.1, 0.15) is 0 Å². The third kappa shape index (κ3) is 7.52. The number of halogens is 2. The van der Waals surface area contributed by atoms with Gasteiger partial charge in [0.25, 0.3) is 5.91 Å². The molecule has 2 amide bonds. The molecule has 1 heterocycles.